The third-order valence-electron chi connectivity index (χ3n) is 4.03. The van der Waals surface area contributed by atoms with E-state index in [1.807, 2.05) is 12.4 Å². The number of carbonyl (C=O) groups is 1. The van der Waals surface area contributed by atoms with Crippen molar-refractivity contribution in [3.05, 3.63) is 30.1 Å². The first-order valence-corrected chi connectivity index (χ1v) is 7.30. The molecule has 2 heterocycles. The van der Waals surface area contributed by atoms with E-state index in [0.717, 1.165) is 19.5 Å². The lowest BCUT2D eigenvalue weighted by molar-refractivity contribution is -0.120. The van der Waals surface area contributed by atoms with Crippen molar-refractivity contribution in [2.75, 3.05) is 13.1 Å². The summed E-state index contributed by atoms with van der Waals surface area (Å²) in [5.74, 6) is 0.671. The van der Waals surface area contributed by atoms with E-state index in [0.29, 0.717) is 12.0 Å². The van der Waals surface area contributed by atoms with E-state index in [-0.39, 0.29) is 11.4 Å². The maximum Gasteiger partial charge on any atom is 0.217 e. The third kappa shape index (κ3) is 3.79. The highest BCUT2D eigenvalue weighted by Crippen LogP contribution is 2.30. The second-order valence-corrected chi connectivity index (χ2v) is 6.55. The molecule has 0 unspecified atom stereocenters. The number of amides is 1. The smallest absolute Gasteiger partial charge is 0.217 e. The molecule has 1 aromatic rings. The molecule has 0 aliphatic carbocycles. The summed E-state index contributed by atoms with van der Waals surface area (Å²) in [4.78, 5) is 17.7. The molecule has 1 atom stereocenters. The molecule has 1 amide bonds. The lowest BCUT2D eigenvalue weighted by Crippen LogP contribution is -2.54. The second kappa shape index (κ2) is 5.92. The Morgan fingerprint density at radius 2 is 2.05 bits per heavy atom. The number of pyridine rings is 1. The summed E-state index contributed by atoms with van der Waals surface area (Å²) in [6, 6.07) is 4.69. The minimum absolute atomic E-state index is 0.0421. The highest BCUT2D eigenvalue weighted by atomic mass is 16.1. The minimum Gasteiger partial charge on any atom is -0.351 e. The predicted octanol–water partition coefficient (Wildman–Crippen LogP) is 2.17. The highest BCUT2D eigenvalue weighted by Gasteiger charge is 2.33. The monoisotopic (exact) mass is 275 g/mol. The molecule has 1 aliphatic rings. The van der Waals surface area contributed by atoms with Crippen LogP contribution < -0.4 is 5.32 Å². The average molecular weight is 275 g/mol. The first-order valence-electron chi connectivity index (χ1n) is 7.30. The zero-order chi connectivity index (χ0) is 14.8. The fraction of sp³-hybridized carbons (Fsp3) is 0.625. The van der Waals surface area contributed by atoms with Gasteiger partial charge in [0.25, 0.3) is 0 Å². The van der Waals surface area contributed by atoms with Crippen molar-refractivity contribution in [2.24, 2.45) is 0 Å². The standard InChI is InChI=1S/C16H25N3O/c1-12(9-16(3,4)18-13(2)20)19-10-15(11-19)14-5-7-17-8-6-14/h5-8,12,15H,9-11H2,1-4H3,(H,18,20)/t12-/m0/s1. The van der Waals surface area contributed by atoms with Gasteiger partial charge in [-0.15, -0.1) is 0 Å². The molecule has 1 saturated heterocycles. The number of hydrogen-bond donors (Lipinski definition) is 1. The quantitative estimate of drug-likeness (QED) is 0.896. The summed E-state index contributed by atoms with van der Waals surface area (Å²) in [5.41, 5.74) is 1.23. The predicted molar refractivity (Wildman–Crippen MR) is 80.5 cm³/mol. The molecule has 4 nitrogen and oxygen atoms in total. The van der Waals surface area contributed by atoms with E-state index < -0.39 is 0 Å². The van der Waals surface area contributed by atoms with Crippen LogP contribution in [0.15, 0.2) is 24.5 Å². The van der Waals surface area contributed by atoms with Crippen LogP contribution in [0.2, 0.25) is 0 Å². The number of aromatic nitrogens is 1. The Morgan fingerprint density at radius 1 is 1.45 bits per heavy atom. The van der Waals surface area contributed by atoms with Gasteiger partial charge in [-0.05, 0) is 44.9 Å². The van der Waals surface area contributed by atoms with Crippen molar-refractivity contribution in [1.82, 2.24) is 15.2 Å². The zero-order valence-corrected chi connectivity index (χ0v) is 12.9. The van der Waals surface area contributed by atoms with Gasteiger partial charge in [0.1, 0.15) is 0 Å². The number of rotatable bonds is 5. The van der Waals surface area contributed by atoms with Crippen LogP contribution in [0.5, 0.6) is 0 Å². The highest BCUT2D eigenvalue weighted by molar-refractivity contribution is 5.73. The minimum atomic E-state index is -0.146. The largest absolute Gasteiger partial charge is 0.351 e. The Bertz CT molecular complexity index is 452. The summed E-state index contributed by atoms with van der Waals surface area (Å²) in [6.07, 6.45) is 4.69. The van der Waals surface area contributed by atoms with Gasteiger partial charge in [-0.2, -0.15) is 0 Å². The van der Waals surface area contributed by atoms with E-state index in [1.165, 1.54) is 5.56 Å². The van der Waals surface area contributed by atoms with Gasteiger partial charge in [0, 0.05) is 49.9 Å². The molecule has 0 saturated carbocycles. The summed E-state index contributed by atoms with van der Waals surface area (Å²) in [6.45, 7) is 10.2. The molecule has 2 rings (SSSR count). The van der Waals surface area contributed by atoms with E-state index in [2.05, 4.69) is 48.1 Å². The van der Waals surface area contributed by atoms with Crippen LogP contribution in [-0.2, 0) is 4.79 Å². The topological polar surface area (TPSA) is 45.2 Å². The van der Waals surface area contributed by atoms with Crippen molar-refractivity contribution in [2.45, 2.75) is 51.6 Å². The molecule has 0 aromatic carbocycles. The van der Waals surface area contributed by atoms with Crippen molar-refractivity contribution < 1.29 is 4.79 Å². The fourth-order valence-electron chi connectivity index (χ4n) is 3.11. The maximum atomic E-state index is 11.2. The maximum absolute atomic E-state index is 11.2. The van der Waals surface area contributed by atoms with Crippen molar-refractivity contribution >= 4 is 5.91 Å². The molecular weight excluding hydrogens is 250 g/mol. The number of nitrogens with one attached hydrogen (secondary N) is 1. The van der Waals surface area contributed by atoms with Crippen molar-refractivity contribution in [3.63, 3.8) is 0 Å². The van der Waals surface area contributed by atoms with Crippen molar-refractivity contribution in [3.8, 4) is 0 Å². The Kier molecular flexibility index (Phi) is 4.43. The van der Waals surface area contributed by atoms with Gasteiger partial charge in [0.15, 0.2) is 0 Å². The van der Waals surface area contributed by atoms with Crippen LogP contribution in [0.1, 0.15) is 45.6 Å². The van der Waals surface area contributed by atoms with Gasteiger partial charge in [0.2, 0.25) is 5.91 Å². The van der Waals surface area contributed by atoms with E-state index in [9.17, 15) is 4.79 Å². The lowest BCUT2D eigenvalue weighted by Gasteiger charge is -2.45. The van der Waals surface area contributed by atoms with Gasteiger partial charge in [0.05, 0.1) is 0 Å². The molecule has 1 aromatic heterocycles. The van der Waals surface area contributed by atoms with E-state index in [1.54, 1.807) is 6.92 Å². The van der Waals surface area contributed by atoms with Crippen LogP contribution in [-0.4, -0.2) is 40.5 Å². The molecule has 1 aliphatic heterocycles. The number of hydrogen-bond acceptors (Lipinski definition) is 3. The Labute approximate surface area is 121 Å². The van der Waals surface area contributed by atoms with Crippen molar-refractivity contribution in [1.29, 1.82) is 0 Å². The molecular formula is C16H25N3O. The second-order valence-electron chi connectivity index (χ2n) is 6.55. The van der Waals surface area contributed by atoms with Gasteiger partial charge in [-0.3, -0.25) is 14.7 Å². The van der Waals surface area contributed by atoms with Crippen LogP contribution in [0.25, 0.3) is 0 Å². The van der Waals surface area contributed by atoms with Gasteiger partial charge >= 0.3 is 0 Å². The summed E-state index contributed by atoms with van der Waals surface area (Å²) in [7, 11) is 0. The average Bonchev–Trinajstić information content (AvgIpc) is 2.25. The zero-order valence-electron chi connectivity index (χ0n) is 12.9. The normalized spacial score (nSPS) is 18.4. The number of likely N-dealkylation sites (tertiary alicyclic amines) is 1. The Hall–Kier alpha value is -1.42. The molecule has 1 fully saturated rings. The van der Waals surface area contributed by atoms with Crippen LogP contribution in [0.4, 0.5) is 0 Å². The number of nitrogens with zero attached hydrogens (tertiary/aromatic N) is 2. The first kappa shape index (κ1) is 15.0. The Balaban J connectivity index is 1.82. The van der Waals surface area contributed by atoms with Gasteiger partial charge in [-0.25, -0.2) is 0 Å². The number of carbonyl (C=O) groups excluding carboxylic acids is 1. The SMILES string of the molecule is CC(=O)NC(C)(C)C[C@H](C)N1CC(c2ccncc2)C1. The first-order chi connectivity index (χ1) is 9.37. The van der Waals surface area contributed by atoms with Crippen LogP contribution >= 0.6 is 0 Å². The van der Waals surface area contributed by atoms with E-state index >= 15 is 0 Å². The molecule has 0 bridgehead atoms. The van der Waals surface area contributed by atoms with Crippen LogP contribution in [0.3, 0.4) is 0 Å². The summed E-state index contributed by atoms with van der Waals surface area (Å²) >= 11 is 0. The Morgan fingerprint density at radius 3 is 2.60 bits per heavy atom. The summed E-state index contributed by atoms with van der Waals surface area (Å²) < 4.78 is 0. The van der Waals surface area contributed by atoms with Crippen LogP contribution in [0, 0.1) is 0 Å². The molecule has 1 N–H and O–H groups in total. The van der Waals surface area contributed by atoms with Gasteiger partial charge < -0.3 is 5.32 Å². The third-order valence-corrected chi connectivity index (χ3v) is 4.03. The molecule has 20 heavy (non-hydrogen) atoms. The van der Waals surface area contributed by atoms with Gasteiger partial charge in [-0.1, -0.05) is 0 Å². The molecule has 0 radical (unpaired) electrons. The summed E-state index contributed by atoms with van der Waals surface area (Å²) in [5, 5.41) is 3.02. The molecule has 4 heteroatoms. The lowest BCUT2D eigenvalue weighted by atomic mass is 9.87. The fourth-order valence-corrected chi connectivity index (χ4v) is 3.11. The molecule has 110 valence electrons. The molecule has 0 spiro atoms. The van der Waals surface area contributed by atoms with E-state index in [4.69, 9.17) is 0 Å².